The lowest BCUT2D eigenvalue weighted by Gasteiger charge is -2.04. The van der Waals surface area contributed by atoms with Gasteiger partial charge in [0.25, 0.3) is 0 Å². The van der Waals surface area contributed by atoms with Crippen LogP contribution in [0, 0.1) is 5.92 Å². The first kappa shape index (κ1) is 11.1. The lowest BCUT2D eigenvalue weighted by Crippen LogP contribution is -2.26. The zero-order valence-corrected chi connectivity index (χ0v) is 8.02. The second kappa shape index (κ2) is 5.75. The Morgan fingerprint density at radius 3 is 2.33 bits per heavy atom. The SMILES string of the molecule is CCC(=O)NCCC(=O)C(C)C. The van der Waals surface area contributed by atoms with Crippen molar-refractivity contribution in [1.29, 1.82) is 0 Å². The third kappa shape index (κ3) is 4.88. The van der Waals surface area contributed by atoms with E-state index in [1.165, 1.54) is 0 Å². The molecule has 0 aromatic heterocycles. The largest absolute Gasteiger partial charge is 0.356 e. The Kier molecular flexibility index (Phi) is 5.34. The molecule has 0 bridgehead atoms. The molecule has 70 valence electrons. The molecular formula is C9H17NO2. The van der Waals surface area contributed by atoms with Gasteiger partial charge in [-0.15, -0.1) is 0 Å². The fraction of sp³-hybridized carbons (Fsp3) is 0.778. The average molecular weight is 171 g/mol. The van der Waals surface area contributed by atoms with Crippen molar-refractivity contribution in [2.24, 2.45) is 5.92 Å². The van der Waals surface area contributed by atoms with Gasteiger partial charge in [-0.1, -0.05) is 20.8 Å². The molecule has 0 saturated carbocycles. The van der Waals surface area contributed by atoms with Crippen LogP contribution >= 0.6 is 0 Å². The van der Waals surface area contributed by atoms with Gasteiger partial charge < -0.3 is 5.32 Å². The number of hydrogen-bond acceptors (Lipinski definition) is 2. The molecule has 0 heterocycles. The predicted molar refractivity (Wildman–Crippen MR) is 47.8 cm³/mol. The second-order valence-corrected chi connectivity index (χ2v) is 3.07. The standard InChI is InChI=1S/C9H17NO2/c1-4-9(12)10-6-5-8(11)7(2)3/h7H,4-6H2,1-3H3,(H,10,12). The number of carbonyl (C=O) groups is 2. The van der Waals surface area contributed by atoms with Crippen molar-refractivity contribution in [2.45, 2.75) is 33.6 Å². The minimum atomic E-state index is 0.00607. The van der Waals surface area contributed by atoms with E-state index in [-0.39, 0.29) is 17.6 Å². The maximum atomic E-state index is 11.1. The monoisotopic (exact) mass is 171 g/mol. The van der Waals surface area contributed by atoms with Gasteiger partial charge in [0.2, 0.25) is 5.91 Å². The quantitative estimate of drug-likeness (QED) is 0.674. The van der Waals surface area contributed by atoms with Gasteiger partial charge >= 0.3 is 0 Å². The molecule has 0 aliphatic heterocycles. The van der Waals surface area contributed by atoms with Crippen molar-refractivity contribution in [2.75, 3.05) is 6.54 Å². The molecule has 0 aliphatic rings. The molecule has 0 rings (SSSR count). The highest BCUT2D eigenvalue weighted by Gasteiger charge is 2.06. The van der Waals surface area contributed by atoms with E-state index in [4.69, 9.17) is 0 Å². The van der Waals surface area contributed by atoms with E-state index in [1.807, 2.05) is 13.8 Å². The van der Waals surface area contributed by atoms with Gasteiger partial charge in [-0.05, 0) is 0 Å². The number of nitrogens with one attached hydrogen (secondary N) is 1. The van der Waals surface area contributed by atoms with Gasteiger partial charge in [0.05, 0.1) is 0 Å². The highest BCUT2D eigenvalue weighted by atomic mass is 16.1. The summed E-state index contributed by atoms with van der Waals surface area (Å²) in [6.07, 6.45) is 0.930. The molecule has 0 aliphatic carbocycles. The Morgan fingerprint density at radius 2 is 1.92 bits per heavy atom. The summed E-state index contributed by atoms with van der Waals surface area (Å²) in [7, 11) is 0. The van der Waals surface area contributed by atoms with Crippen LogP contribution in [0.4, 0.5) is 0 Å². The van der Waals surface area contributed by atoms with Crippen LogP contribution < -0.4 is 5.32 Å². The van der Waals surface area contributed by atoms with Gasteiger partial charge in [-0.3, -0.25) is 9.59 Å². The number of ketones is 1. The Morgan fingerprint density at radius 1 is 1.33 bits per heavy atom. The molecule has 3 nitrogen and oxygen atoms in total. The summed E-state index contributed by atoms with van der Waals surface area (Å²) < 4.78 is 0. The summed E-state index contributed by atoms with van der Waals surface area (Å²) in [5, 5.41) is 2.66. The first-order chi connectivity index (χ1) is 5.57. The Bertz CT molecular complexity index is 164. The smallest absolute Gasteiger partial charge is 0.219 e. The molecule has 1 amide bonds. The van der Waals surface area contributed by atoms with Gasteiger partial charge in [0.1, 0.15) is 5.78 Å². The number of amides is 1. The highest BCUT2D eigenvalue weighted by Crippen LogP contribution is 1.96. The molecule has 0 atom stereocenters. The molecule has 12 heavy (non-hydrogen) atoms. The minimum absolute atomic E-state index is 0.00607. The predicted octanol–water partition coefficient (Wildman–Crippen LogP) is 1.13. The average Bonchev–Trinajstić information content (AvgIpc) is 2.03. The van der Waals surface area contributed by atoms with Crippen molar-refractivity contribution in [3.63, 3.8) is 0 Å². The van der Waals surface area contributed by atoms with Gasteiger partial charge in [-0.25, -0.2) is 0 Å². The molecule has 1 N–H and O–H groups in total. The van der Waals surface area contributed by atoms with E-state index in [0.29, 0.717) is 19.4 Å². The Balaban J connectivity index is 3.44. The van der Waals surface area contributed by atoms with Crippen LogP contribution in [0.1, 0.15) is 33.6 Å². The molecule has 0 fully saturated rings. The maximum absolute atomic E-state index is 11.1. The second-order valence-electron chi connectivity index (χ2n) is 3.07. The number of rotatable bonds is 5. The maximum Gasteiger partial charge on any atom is 0.219 e. The summed E-state index contributed by atoms with van der Waals surface area (Å²) in [5.41, 5.74) is 0. The third-order valence-corrected chi connectivity index (χ3v) is 1.66. The molecule has 0 spiro atoms. The summed E-state index contributed by atoms with van der Waals surface area (Å²) in [4.78, 5) is 21.8. The molecule has 0 unspecified atom stereocenters. The van der Waals surface area contributed by atoms with Gasteiger partial charge in [0, 0.05) is 25.3 Å². The minimum Gasteiger partial charge on any atom is -0.356 e. The molecule has 0 saturated heterocycles. The fourth-order valence-corrected chi connectivity index (χ4v) is 0.739. The number of carbonyl (C=O) groups excluding carboxylic acids is 2. The molecular weight excluding hydrogens is 154 g/mol. The first-order valence-corrected chi connectivity index (χ1v) is 4.37. The van der Waals surface area contributed by atoms with Crippen molar-refractivity contribution in [1.82, 2.24) is 5.32 Å². The number of hydrogen-bond donors (Lipinski definition) is 1. The summed E-state index contributed by atoms with van der Waals surface area (Å²) in [6, 6.07) is 0. The molecule has 3 heteroatoms. The van der Waals surface area contributed by atoms with Crippen LogP contribution in [0.2, 0.25) is 0 Å². The van der Waals surface area contributed by atoms with E-state index in [2.05, 4.69) is 5.32 Å². The summed E-state index contributed by atoms with van der Waals surface area (Å²) >= 11 is 0. The topological polar surface area (TPSA) is 46.2 Å². The molecule has 0 radical (unpaired) electrons. The van der Waals surface area contributed by atoms with E-state index in [0.717, 1.165) is 0 Å². The highest BCUT2D eigenvalue weighted by molar-refractivity contribution is 5.81. The van der Waals surface area contributed by atoms with Crippen LogP contribution in [0.15, 0.2) is 0 Å². The summed E-state index contributed by atoms with van der Waals surface area (Å²) in [5.74, 6) is 0.279. The number of Topliss-reactive ketones (excluding diaryl/α,β-unsaturated/α-hetero) is 1. The normalized spacial score (nSPS) is 10.0. The van der Waals surface area contributed by atoms with Crippen molar-refractivity contribution >= 4 is 11.7 Å². The van der Waals surface area contributed by atoms with Gasteiger partial charge in [0.15, 0.2) is 0 Å². The van der Waals surface area contributed by atoms with Crippen LogP contribution in [0.3, 0.4) is 0 Å². The fourth-order valence-electron chi connectivity index (χ4n) is 0.739. The lowest BCUT2D eigenvalue weighted by molar-refractivity contribution is -0.122. The summed E-state index contributed by atoms with van der Waals surface area (Å²) in [6.45, 7) is 6.00. The Labute approximate surface area is 73.5 Å². The van der Waals surface area contributed by atoms with Crippen molar-refractivity contribution < 1.29 is 9.59 Å². The van der Waals surface area contributed by atoms with Crippen molar-refractivity contribution in [3.05, 3.63) is 0 Å². The van der Waals surface area contributed by atoms with E-state index in [9.17, 15) is 9.59 Å². The van der Waals surface area contributed by atoms with E-state index in [1.54, 1.807) is 6.92 Å². The van der Waals surface area contributed by atoms with Crippen LogP contribution in [-0.4, -0.2) is 18.2 Å². The van der Waals surface area contributed by atoms with Crippen molar-refractivity contribution in [3.8, 4) is 0 Å². The zero-order valence-electron chi connectivity index (χ0n) is 8.02. The van der Waals surface area contributed by atoms with Crippen LogP contribution in [-0.2, 0) is 9.59 Å². The Hall–Kier alpha value is -0.860. The molecule has 0 aromatic carbocycles. The first-order valence-electron chi connectivity index (χ1n) is 4.37. The van der Waals surface area contributed by atoms with E-state index >= 15 is 0 Å². The van der Waals surface area contributed by atoms with Gasteiger partial charge in [-0.2, -0.15) is 0 Å². The molecule has 0 aromatic rings. The zero-order chi connectivity index (χ0) is 9.56. The lowest BCUT2D eigenvalue weighted by atomic mass is 10.1. The van der Waals surface area contributed by atoms with E-state index < -0.39 is 0 Å². The third-order valence-electron chi connectivity index (χ3n) is 1.66. The van der Waals surface area contributed by atoms with Crippen LogP contribution in [0.5, 0.6) is 0 Å². The van der Waals surface area contributed by atoms with Crippen LogP contribution in [0.25, 0.3) is 0 Å².